The molecule has 0 aliphatic carbocycles. The Bertz CT molecular complexity index is 228. The van der Waals surface area contributed by atoms with E-state index in [-0.39, 0.29) is 0 Å². The van der Waals surface area contributed by atoms with E-state index in [1.165, 1.54) is 12.0 Å². The van der Waals surface area contributed by atoms with Gasteiger partial charge >= 0.3 is 0 Å². The van der Waals surface area contributed by atoms with Gasteiger partial charge in [0.1, 0.15) is 0 Å². The smallest absolute Gasteiger partial charge is 0.00163 e. The Balaban J connectivity index is 2.67. The minimum absolute atomic E-state index is 0.296. The van der Waals surface area contributed by atoms with Crippen molar-refractivity contribution in [2.24, 2.45) is 5.73 Å². The zero-order valence-corrected chi connectivity index (χ0v) is 8.53. The van der Waals surface area contributed by atoms with Crippen LogP contribution in [0.3, 0.4) is 0 Å². The van der Waals surface area contributed by atoms with Crippen LogP contribution in [0.5, 0.6) is 0 Å². The third-order valence-corrected chi connectivity index (χ3v) is 2.42. The first-order valence-electron chi connectivity index (χ1n) is 5.04. The van der Waals surface area contributed by atoms with Crippen LogP contribution in [0.2, 0.25) is 0 Å². The fourth-order valence-electron chi connectivity index (χ4n) is 1.71. The molecule has 13 heavy (non-hydrogen) atoms. The van der Waals surface area contributed by atoms with Gasteiger partial charge in [-0.25, -0.2) is 0 Å². The Morgan fingerprint density at radius 1 is 1.23 bits per heavy atom. The van der Waals surface area contributed by atoms with E-state index in [9.17, 15) is 0 Å². The van der Waals surface area contributed by atoms with Gasteiger partial charge in [-0.05, 0) is 31.2 Å². The van der Waals surface area contributed by atoms with E-state index in [1.54, 1.807) is 0 Å². The molecular formula is C12H19N. The molecule has 1 heteroatoms. The van der Waals surface area contributed by atoms with Gasteiger partial charge in [0, 0.05) is 6.04 Å². The zero-order valence-electron chi connectivity index (χ0n) is 8.53. The van der Waals surface area contributed by atoms with Gasteiger partial charge in [-0.1, -0.05) is 37.3 Å². The Kier molecular flexibility index (Phi) is 3.97. The van der Waals surface area contributed by atoms with Crippen molar-refractivity contribution < 1.29 is 0 Å². The van der Waals surface area contributed by atoms with Crippen molar-refractivity contribution in [1.29, 1.82) is 0 Å². The van der Waals surface area contributed by atoms with Gasteiger partial charge in [0.15, 0.2) is 0 Å². The van der Waals surface area contributed by atoms with E-state index in [2.05, 4.69) is 44.2 Å². The van der Waals surface area contributed by atoms with Crippen molar-refractivity contribution in [3.8, 4) is 0 Å². The molecule has 2 unspecified atom stereocenters. The third-order valence-electron chi connectivity index (χ3n) is 2.42. The van der Waals surface area contributed by atoms with Gasteiger partial charge in [0.05, 0.1) is 0 Å². The first-order valence-corrected chi connectivity index (χ1v) is 5.04. The van der Waals surface area contributed by atoms with E-state index in [0.717, 1.165) is 6.42 Å². The van der Waals surface area contributed by atoms with Crippen LogP contribution in [0.4, 0.5) is 0 Å². The highest BCUT2D eigenvalue weighted by molar-refractivity contribution is 5.19. The monoisotopic (exact) mass is 177 g/mol. The summed E-state index contributed by atoms with van der Waals surface area (Å²) in [4.78, 5) is 0. The van der Waals surface area contributed by atoms with Crippen LogP contribution in [0.1, 0.15) is 38.2 Å². The molecule has 1 rings (SSSR count). The van der Waals surface area contributed by atoms with Crippen molar-refractivity contribution >= 4 is 0 Å². The summed E-state index contributed by atoms with van der Waals surface area (Å²) in [6.07, 6.45) is 2.26. The Morgan fingerprint density at radius 2 is 1.85 bits per heavy atom. The van der Waals surface area contributed by atoms with Gasteiger partial charge in [-0.15, -0.1) is 0 Å². The molecule has 2 N–H and O–H groups in total. The van der Waals surface area contributed by atoms with Gasteiger partial charge in [0.2, 0.25) is 0 Å². The second kappa shape index (κ2) is 5.03. The fourth-order valence-corrected chi connectivity index (χ4v) is 1.71. The normalized spacial score (nSPS) is 15.3. The quantitative estimate of drug-likeness (QED) is 0.752. The summed E-state index contributed by atoms with van der Waals surface area (Å²) in [7, 11) is 0. The largest absolute Gasteiger partial charge is 0.328 e. The zero-order chi connectivity index (χ0) is 9.68. The molecule has 0 aliphatic heterocycles. The minimum Gasteiger partial charge on any atom is -0.328 e. The van der Waals surface area contributed by atoms with E-state index in [0.29, 0.717) is 12.0 Å². The molecule has 0 spiro atoms. The maximum absolute atomic E-state index is 5.81. The molecule has 0 amide bonds. The van der Waals surface area contributed by atoms with Crippen LogP contribution in [-0.2, 0) is 0 Å². The van der Waals surface area contributed by atoms with Crippen LogP contribution in [0.25, 0.3) is 0 Å². The van der Waals surface area contributed by atoms with Crippen molar-refractivity contribution in [3.63, 3.8) is 0 Å². The number of hydrogen-bond acceptors (Lipinski definition) is 1. The van der Waals surface area contributed by atoms with E-state index < -0.39 is 0 Å². The average molecular weight is 177 g/mol. The summed E-state index contributed by atoms with van der Waals surface area (Å²) >= 11 is 0. The standard InChI is InChI=1S/C12H19N/c1-3-11(9-10(2)13)12-7-5-4-6-8-12/h4-8,10-11H,3,9,13H2,1-2H3. The molecule has 0 aromatic heterocycles. The highest BCUT2D eigenvalue weighted by Gasteiger charge is 2.10. The molecule has 0 bridgehead atoms. The molecule has 2 atom stereocenters. The SMILES string of the molecule is CCC(CC(C)N)c1ccccc1. The number of rotatable bonds is 4. The first-order chi connectivity index (χ1) is 6.24. The lowest BCUT2D eigenvalue weighted by atomic mass is 9.91. The van der Waals surface area contributed by atoms with Crippen molar-refractivity contribution in [2.75, 3.05) is 0 Å². The molecule has 0 fully saturated rings. The fraction of sp³-hybridized carbons (Fsp3) is 0.500. The molecule has 0 aliphatic rings. The second-order valence-corrected chi connectivity index (χ2v) is 3.73. The maximum atomic E-state index is 5.81. The van der Waals surface area contributed by atoms with Crippen LogP contribution >= 0.6 is 0 Å². The highest BCUT2D eigenvalue weighted by atomic mass is 14.6. The van der Waals surface area contributed by atoms with Crippen LogP contribution in [0, 0.1) is 0 Å². The Hall–Kier alpha value is -0.820. The maximum Gasteiger partial charge on any atom is 0.00163 e. The van der Waals surface area contributed by atoms with Crippen LogP contribution < -0.4 is 5.73 Å². The summed E-state index contributed by atoms with van der Waals surface area (Å²) in [5, 5.41) is 0. The van der Waals surface area contributed by atoms with E-state index in [4.69, 9.17) is 5.73 Å². The predicted molar refractivity (Wildman–Crippen MR) is 57.7 cm³/mol. The van der Waals surface area contributed by atoms with Crippen LogP contribution in [0.15, 0.2) is 30.3 Å². The number of benzene rings is 1. The summed E-state index contributed by atoms with van der Waals surface area (Å²) < 4.78 is 0. The molecular weight excluding hydrogens is 158 g/mol. The van der Waals surface area contributed by atoms with Crippen molar-refractivity contribution in [3.05, 3.63) is 35.9 Å². The second-order valence-electron chi connectivity index (χ2n) is 3.73. The topological polar surface area (TPSA) is 26.0 Å². The Labute approximate surface area is 81.0 Å². The summed E-state index contributed by atoms with van der Waals surface area (Å²) in [6, 6.07) is 10.9. The Morgan fingerprint density at radius 3 is 2.31 bits per heavy atom. The lowest BCUT2D eigenvalue weighted by Gasteiger charge is -2.17. The lowest BCUT2D eigenvalue weighted by Crippen LogP contribution is -2.18. The molecule has 1 aromatic carbocycles. The molecule has 72 valence electrons. The van der Waals surface area contributed by atoms with Gasteiger partial charge in [0.25, 0.3) is 0 Å². The third kappa shape index (κ3) is 3.19. The van der Waals surface area contributed by atoms with E-state index in [1.807, 2.05) is 0 Å². The van der Waals surface area contributed by atoms with Gasteiger partial charge in [-0.2, -0.15) is 0 Å². The molecule has 1 aromatic rings. The van der Waals surface area contributed by atoms with Gasteiger partial charge < -0.3 is 5.73 Å². The molecule has 0 heterocycles. The number of hydrogen-bond donors (Lipinski definition) is 1. The van der Waals surface area contributed by atoms with Gasteiger partial charge in [-0.3, -0.25) is 0 Å². The minimum atomic E-state index is 0.296. The molecule has 0 saturated carbocycles. The molecule has 0 saturated heterocycles. The average Bonchev–Trinajstić information content (AvgIpc) is 2.15. The molecule has 1 nitrogen and oxygen atoms in total. The van der Waals surface area contributed by atoms with E-state index >= 15 is 0 Å². The summed E-state index contributed by atoms with van der Waals surface area (Å²) in [5.74, 6) is 0.626. The summed E-state index contributed by atoms with van der Waals surface area (Å²) in [5.41, 5.74) is 7.23. The lowest BCUT2D eigenvalue weighted by molar-refractivity contribution is 0.540. The first kappa shape index (κ1) is 10.3. The van der Waals surface area contributed by atoms with Crippen molar-refractivity contribution in [2.45, 2.75) is 38.6 Å². The highest BCUT2D eigenvalue weighted by Crippen LogP contribution is 2.23. The summed E-state index contributed by atoms with van der Waals surface area (Å²) in [6.45, 7) is 4.30. The van der Waals surface area contributed by atoms with Crippen LogP contribution in [-0.4, -0.2) is 6.04 Å². The van der Waals surface area contributed by atoms with Crippen molar-refractivity contribution in [1.82, 2.24) is 0 Å². The predicted octanol–water partition coefficient (Wildman–Crippen LogP) is 2.92. The number of nitrogens with two attached hydrogens (primary N) is 1. The molecule has 0 radical (unpaired) electrons.